The molecule has 5 amide bonds. The van der Waals surface area contributed by atoms with Crippen molar-refractivity contribution in [2.24, 2.45) is 0 Å². The summed E-state index contributed by atoms with van der Waals surface area (Å²) >= 11 is 0. The molecule has 0 radical (unpaired) electrons. The monoisotopic (exact) mass is 1360 g/mol. The van der Waals surface area contributed by atoms with E-state index in [0.29, 0.717) is 38.1 Å². The van der Waals surface area contributed by atoms with Gasteiger partial charge in [0.25, 0.3) is 5.91 Å². The van der Waals surface area contributed by atoms with Gasteiger partial charge in [-0.25, -0.2) is 13.4 Å². The lowest BCUT2D eigenvalue weighted by Gasteiger charge is -2.32. The topological polar surface area (TPSA) is 425 Å². The number of carbonyl (C=O) groups excluding carboxylic acids is 5. The first-order chi connectivity index (χ1) is 45.5. The largest absolute Gasteiger partial charge is 0.494 e. The number of carboxylic acid groups (broad SMARTS) is 4. The fourth-order valence-electron chi connectivity index (χ4n) is 10.1. The van der Waals surface area contributed by atoms with Crippen LogP contribution in [0.5, 0.6) is 5.75 Å². The SMILES string of the molecule is Cc1cc(OCCCC(=O)NCCNC(=O)COCCOCCNC(=O)COCCOCCNC(=O)CN2CCN(CC(=O)O)CCN(CC(=O)O)CCN(CC(=O)O)CC2)cc(C)c1S(=O)(=O)NC(CNC(=O)c1ccc(CCc2ccc3c(n2)NCCC3)cc1)C(=O)O. The highest BCUT2D eigenvalue weighted by Gasteiger charge is 2.29. The first-order valence-corrected chi connectivity index (χ1v) is 33.0. The van der Waals surface area contributed by atoms with Gasteiger partial charge >= 0.3 is 23.9 Å². The average Bonchev–Trinajstić information content (AvgIpc) is 0.798. The Hall–Kier alpha value is -7.99. The summed E-state index contributed by atoms with van der Waals surface area (Å²) in [5.41, 5.74) is 4.01. The molecule has 5 rings (SSSR count). The Kier molecular flexibility index (Phi) is 34.7. The fraction of sp³-hybridized carbons (Fsp3) is 0.581. The fourth-order valence-corrected chi connectivity index (χ4v) is 11.7. The minimum absolute atomic E-state index is 0.0360. The van der Waals surface area contributed by atoms with E-state index < -0.39 is 58.3 Å². The molecule has 1 fully saturated rings. The van der Waals surface area contributed by atoms with E-state index in [2.05, 4.69) is 42.7 Å². The maximum absolute atomic E-state index is 13.6. The molecule has 0 bridgehead atoms. The molecule has 1 aromatic heterocycles. The normalized spacial score (nSPS) is 14.8. The number of sulfonamides is 1. The number of carbonyl (C=O) groups is 9. The van der Waals surface area contributed by atoms with Crippen molar-refractivity contribution in [3.05, 3.63) is 82.0 Å². The number of anilines is 1. The number of nitrogens with zero attached hydrogens (tertiary/aromatic N) is 5. The molecule has 1 unspecified atom stereocenters. The van der Waals surface area contributed by atoms with Gasteiger partial charge in [0.1, 0.15) is 30.8 Å². The maximum Gasteiger partial charge on any atom is 0.323 e. The summed E-state index contributed by atoms with van der Waals surface area (Å²) in [6.45, 7) is 6.00. The molecule has 11 N–H and O–H groups in total. The van der Waals surface area contributed by atoms with Gasteiger partial charge < -0.3 is 76.0 Å². The Morgan fingerprint density at radius 1 is 0.568 bits per heavy atom. The molecule has 0 aliphatic carbocycles. The molecule has 1 saturated heterocycles. The predicted molar refractivity (Wildman–Crippen MR) is 344 cm³/mol. The van der Waals surface area contributed by atoms with Crippen molar-refractivity contribution >= 4 is 69.3 Å². The summed E-state index contributed by atoms with van der Waals surface area (Å²) in [4.78, 5) is 121. The van der Waals surface area contributed by atoms with E-state index in [1.807, 2.05) is 23.1 Å². The minimum Gasteiger partial charge on any atom is -0.494 e. The van der Waals surface area contributed by atoms with Crippen LogP contribution in [0.2, 0.25) is 0 Å². The Bertz CT molecular complexity index is 3050. The zero-order valence-corrected chi connectivity index (χ0v) is 54.8. The number of hydrogen-bond acceptors (Lipinski definition) is 22. The van der Waals surface area contributed by atoms with Crippen molar-refractivity contribution in [1.29, 1.82) is 0 Å². The van der Waals surface area contributed by atoms with Crippen LogP contribution in [0.4, 0.5) is 5.82 Å². The van der Waals surface area contributed by atoms with Crippen molar-refractivity contribution in [2.45, 2.75) is 63.3 Å². The van der Waals surface area contributed by atoms with Gasteiger partial charge in [-0.2, -0.15) is 4.72 Å². The second-order valence-electron chi connectivity index (χ2n) is 22.6. The van der Waals surface area contributed by atoms with Gasteiger partial charge in [0, 0.05) is 109 Å². The number of benzene rings is 2. The minimum atomic E-state index is -4.39. The summed E-state index contributed by atoms with van der Waals surface area (Å²) in [5, 5.41) is 54.8. The average molecular weight is 1360 g/mol. The standard InChI is InChI=1S/C62H92N12O20S/c1-44-35-50(36-45(2)59(44)95(88,89)70-51(62(86)87)37-68-61(85)48-10-7-46(8-11-48)9-13-49-14-12-47-5-3-15-67-60(47)69-49)94-28-4-6-52(75)63-16-17-64-54(77)42-92-33-32-91-30-19-66-55(78)43-93-34-31-90-29-18-65-53(76)38-71-20-22-72(39-56(79)80)24-26-74(41-58(83)84)27-25-73(23-21-71)40-57(81)82/h7-8,10-12,14,35-36,51,70H,3-6,9,13,15-34,37-43H2,1-2H3,(H,63,75)(H,64,77)(H,65,76)(H,66,78)(H,67,69)(H,68,85)(H,79,80)(H,81,82)(H,83,84)(H,86,87). The van der Waals surface area contributed by atoms with Crippen LogP contribution in [0.1, 0.15) is 57.6 Å². The third-order valence-electron chi connectivity index (χ3n) is 14.9. The smallest absolute Gasteiger partial charge is 0.323 e. The van der Waals surface area contributed by atoms with Gasteiger partial charge in [-0.3, -0.25) is 62.8 Å². The van der Waals surface area contributed by atoms with Crippen molar-refractivity contribution in [2.75, 3.05) is 183 Å². The molecule has 32 nitrogen and oxygen atoms in total. The molecule has 3 aromatic rings. The van der Waals surface area contributed by atoms with Gasteiger partial charge in [0.05, 0.1) is 77.3 Å². The number of amides is 5. The molecule has 2 aliphatic rings. The highest BCUT2D eigenvalue weighted by Crippen LogP contribution is 2.27. The summed E-state index contributed by atoms with van der Waals surface area (Å²) in [6.07, 6.45) is 3.91. The zero-order valence-electron chi connectivity index (χ0n) is 54.0. The molecule has 0 spiro atoms. The quantitative estimate of drug-likeness (QED) is 0.0278. The molecule has 0 saturated carbocycles. The molecule has 1 atom stereocenters. The second-order valence-corrected chi connectivity index (χ2v) is 24.3. The second kappa shape index (κ2) is 42.4. The zero-order chi connectivity index (χ0) is 69.0. The third kappa shape index (κ3) is 31.4. The summed E-state index contributed by atoms with van der Waals surface area (Å²) in [7, 11) is -4.39. The van der Waals surface area contributed by atoms with E-state index in [4.69, 9.17) is 28.7 Å². The summed E-state index contributed by atoms with van der Waals surface area (Å²) in [5.74, 6) is -5.31. The summed E-state index contributed by atoms with van der Waals surface area (Å²) in [6, 6.07) is 12.3. The lowest BCUT2D eigenvalue weighted by atomic mass is 10.0. The molecule has 2 aliphatic heterocycles. The van der Waals surface area contributed by atoms with Gasteiger partial charge in [-0.05, 0) is 98.5 Å². The maximum atomic E-state index is 13.6. The van der Waals surface area contributed by atoms with Crippen molar-refractivity contribution < 1.29 is 95.7 Å². The number of rotatable bonds is 42. The van der Waals surface area contributed by atoms with Crippen LogP contribution >= 0.6 is 0 Å². The Morgan fingerprint density at radius 3 is 1.59 bits per heavy atom. The van der Waals surface area contributed by atoms with Crippen LogP contribution in [0.3, 0.4) is 0 Å². The van der Waals surface area contributed by atoms with Crippen molar-refractivity contribution in [1.82, 2.24) is 55.9 Å². The first kappa shape index (κ1) is 77.7. The number of nitrogens with one attached hydrogen (secondary N) is 7. The van der Waals surface area contributed by atoms with E-state index in [9.17, 15) is 72.0 Å². The number of aliphatic carboxylic acids is 4. The van der Waals surface area contributed by atoms with Gasteiger partial charge in [0.15, 0.2) is 0 Å². The summed E-state index contributed by atoms with van der Waals surface area (Å²) < 4.78 is 56.7. The van der Waals surface area contributed by atoms with Crippen LogP contribution < -0.4 is 41.4 Å². The van der Waals surface area contributed by atoms with Crippen LogP contribution in [0, 0.1) is 13.8 Å². The van der Waals surface area contributed by atoms with Crippen molar-refractivity contribution in [3.63, 3.8) is 0 Å². The highest BCUT2D eigenvalue weighted by molar-refractivity contribution is 7.89. The lowest BCUT2D eigenvalue weighted by Crippen LogP contribution is -2.50. The van der Waals surface area contributed by atoms with E-state index in [1.54, 1.807) is 40.7 Å². The first-order valence-electron chi connectivity index (χ1n) is 31.5. The molecule has 33 heteroatoms. The molecule has 526 valence electrons. The van der Waals surface area contributed by atoms with Crippen LogP contribution in [0.25, 0.3) is 0 Å². The number of fused-ring (bicyclic) bond motifs is 1. The number of hydrogen-bond donors (Lipinski definition) is 11. The Labute approximate surface area is 552 Å². The van der Waals surface area contributed by atoms with Gasteiger partial charge in [-0.15, -0.1) is 0 Å². The van der Waals surface area contributed by atoms with Crippen LogP contribution in [0.15, 0.2) is 53.4 Å². The lowest BCUT2D eigenvalue weighted by molar-refractivity contribution is -0.140. The number of pyridine rings is 1. The molecule has 2 aromatic carbocycles. The Balaban J connectivity index is 0.835. The van der Waals surface area contributed by atoms with Crippen LogP contribution in [-0.2, 0) is 86.6 Å². The number of carboxylic acids is 4. The van der Waals surface area contributed by atoms with Crippen LogP contribution in [-0.4, -0.2) is 290 Å². The van der Waals surface area contributed by atoms with Gasteiger partial charge in [-0.1, -0.05) is 18.2 Å². The van der Waals surface area contributed by atoms with Crippen molar-refractivity contribution in [3.8, 4) is 5.75 Å². The van der Waals surface area contributed by atoms with E-state index in [1.165, 1.54) is 17.7 Å². The molecule has 3 heterocycles. The number of aromatic nitrogens is 1. The van der Waals surface area contributed by atoms with Gasteiger partial charge in [0.2, 0.25) is 33.7 Å². The highest BCUT2D eigenvalue weighted by atomic mass is 32.2. The molecular weight excluding hydrogens is 1260 g/mol. The molecule has 95 heavy (non-hydrogen) atoms. The van der Waals surface area contributed by atoms with E-state index in [-0.39, 0.29) is 197 Å². The van der Waals surface area contributed by atoms with E-state index >= 15 is 0 Å². The van der Waals surface area contributed by atoms with E-state index in [0.717, 1.165) is 36.5 Å². The number of aryl methyl sites for hydroxylation is 5. The number of ether oxygens (including phenoxy) is 5. The molecular formula is C62H92N12O20S. The third-order valence-corrected chi connectivity index (χ3v) is 16.7. The Morgan fingerprint density at radius 2 is 1.06 bits per heavy atom. The predicted octanol–water partition coefficient (Wildman–Crippen LogP) is -1.83.